The number of hydrogen-bond donors (Lipinski definition) is 0. The third-order valence-electron chi connectivity index (χ3n) is 5.24. The topological polar surface area (TPSA) is 68.3 Å². The molecule has 0 atom stereocenters. The lowest BCUT2D eigenvalue weighted by Gasteiger charge is -2.34. The van der Waals surface area contributed by atoms with Crippen molar-refractivity contribution < 1.29 is 22.6 Å². The second-order valence-electron chi connectivity index (χ2n) is 7.17. The lowest BCUT2D eigenvalue weighted by atomic mass is 10.2. The molecule has 0 saturated carbocycles. The van der Waals surface area contributed by atoms with Gasteiger partial charge in [-0.05, 0) is 30.7 Å². The number of nitrogens with zero attached hydrogens (tertiary/aromatic N) is 2. The summed E-state index contributed by atoms with van der Waals surface area (Å²) in [5, 5.41) is 0. The van der Waals surface area contributed by atoms with E-state index in [9.17, 15) is 8.42 Å². The number of rotatable bonds is 6. The van der Waals surface area contributed by atoms with E-state index in [0.29, 0.717) is 57.5 Å². The van der Waals surface area contributed by atoms with E-state index in [1.807, 2.05) is 31.2 Å². The van der Waals surface area contributed by atoms with Crippen molar-refractivity contribution in [2.24, 2.45) is 0 Å². The van der Waals surface area contributed by atoms with Gasteiger partial charge in [-0.1, -0.05) is 18.2 Å². The van der Waals surface area contributed by atoms with Gasteiger partial charge in [0, 0.05) is 38.8 Å². The van der Waals surface area contributed by atoms with Gasteiger partial charge in [-0.15, -0.1) is 0 Å². The molecule has 2 aromatic rings. The Morgan fingerprint density at radius 2 is 1.69 bits per heavy atom. The van der Waals surface area contributed by atoms with Crippen LogP contribution in [-0.2, 0) is 10.0 Å². The summed E-state index contributed by atoms with van der Waals surface area (Å²) in [4.78, 5) is 2.48. The van der Waals surface area contributed by atoms with E-state index in [-0.39, 0.29) is 4.90 Å². The molecule has 8 heteroatoms. The van der Waals surface area contributed by atoms with Crippen LogP contribution in [0.1, 0.15) is 5.56 Å². The molecule has 7 nitrogen and oxygen atoms in total. The highest BCUT2D eigenvalue weighted by Crippen LogP contribution is 2.33. The Balaban J connectivity index is 1.31. The molecule has 0 aromatic heterocycles. The van der Waals surface area contributed by atoms with E-state index < -0.39 is 10.0 Å². The van der Waals surface area contributed by atoms with Crippen molar-refractivity contribution in [3.05, 3.63) is 48.0 Å². The van der Waals surface area contributed by atoms with Gasteiger partial charge in [-0.2, -0.15) is 4.31 Å². The highest BCUT2D eigenvalue weighted by atomic mass is 32.2. The molecule has 0 bridgehead atoms. The van der Waals surface area contributed by atoms with Crippen LogP contribution >= 0.6 is 0 Å². The molecule has 29 heavy (non-hydrogen) atoms. The van der Waals surface area contributed by atoms with Gasteiger partial charge >= 0.3 is 0 Å². The standard InChI is InChI=1S/C21H26N2O5S/c1-17-4-2-3-5-19(17)26-13-12-22-8-10-23(11-9-22)29(24,25)18-6-7-20-21(16-18)28-15-14-27-20/h2-7,16H,8-15H2,1H3. The molecule has 2 aliphatic heterocycles. The summed E-state index contributed by atoms with van der Waals surface area (Å²) in [5.74, 6) is 1.98. The summed E-state index contributed by atoms with van der Waals surface area (Å²) in [6.45, 7) is 6.57. The predicted octanol–water partition coefficient (Wildman–Crippen LogP) is 2.15. The van der Waals surface area contributed by atoms with E-state index in [1.54, 1.807) is 18.2 Å². The molecular weight excluding hydrogens is 392 g/mol. The Kier molecular flexibility index (Phi) is 5.94. The summed E-state index contributed by atoms with van der Waals surface area (Å²) in [6.07, 6.45) is 0. The van der Waals surface area contributed by atoms with E-state index in [4.69, 9.17) is 14.2 Å². The van der Waals surface area contributed by atoms with Crippen molar-refractivity contribution in [2.45, 2.75) is 11.8 Å². The van der Waals surface area contributed by atoms with Crippen LogP contribution in [0.5, 0.6) is 17.2 Å². The fourth-order valence-electron chi connectivity index (χ4n) is 3.53. The first kappa shape index (κ1) is 20.0. The van der Waals surface area contributed by atoms with Crippen LogP contribution in [0.2, 0.25) is 0 Å². The lowest BCUT2D eigenvalue weighted by molar-refractivity contribution is 0.158. The molecule has 0 spiro atoms. The van der Waals surface area contributed by atoms with Crippen molar-refractivity contribution >= 4 is 10.0 Å². The maximum Gasteiger partial charge on any atom is 0.243 e. The highest BCUT2D eigenvalue weighted by Gasteiger charge is 2.29. The number of aryl methyl sites for hydroxylation is 1. The third kappa shape index (κ3) is 4.49. The highest BCUT2D eigenvalue weighted by molar-refractivity contribution is 7.89. The molecule has 156 valence electrons. The van der Waals surface area contributed by atoms with Gasteiger partial charge in [0.15, 0.2) is 11.5 Å². The minimum absolute atomic E-state index is 0.248. The van der Waals surface area contributed by atoms with Crippen LogP contribution in [0.3, 0.4) is 0 Å². The Morgan fingerprint density at radius 3 is 2.45 bits per heavy atom. The van der Waals surface area contributed by atoms with E-state index in [2.05, 4.69) is 4.90 Å². The summed E-state index contributed by atoms with van der Waals surface area (Å²) in [5.41, 5.74) is 1.11. The largest absolute Gasteiger partial charge is 0.492 e. The monoisotopic (exact) mass is 418 g/mol. The normalized spacial score (nSPS) is 17.8. The second kappa shape index (κ2) is 8.61. The average molecular weight is 419 g/mol. The van der Waals surface area contributed by atoms with Crippen LogP contribution < -0.4 is 14.2 Å². The number of sulfonamides is 1. The van der Waals surface area contributed by atoms with Crippen molar-refractivity contribution in [1.82, 2.24) is 9.21 Å². The fraction of sp³-hybridized carbons (Fsp3) is 0.429. The van der Waals surface area contributed by atoms with Gasteiger partial charge < -0.3 is 14.2 Å². The molecule has 1 fully saturated rings. The number of benzene rings is 2. The maximum absolute atomic E-state index is 13.0. The number of piperazine rings is 1. The van der Waals surface area contributed by atoms with Gasteiger partial charge in [0.2, 0.25) is 10.0 Å². The van der Waals surface area contributed by atoms with Crippen LogP contribution in [0.4, 0.5) is 0 Å². The molecule has 0 aliphatic carbocycles. The van der Waals surface area contributed by atoms with Crippen molar-refractivity contribution in [1.29, 1.82) is 0 Å². The molecule has 1 saturated heterocycles. The summed E-state index contributed by atoms with van der Waals surface area (Å²) >= 11 is 0. The van der Waals surface area contributed by atoms with Crippen LogP contribution in [-0.4, -0.2) is 70.2 Å². The van der Waals surface area contributed by atoms with Gasteiger partial charge in [0.1, 0.15) is 25.6 Å². The summed E-state index contributed by atoms with van der Waals surface area (Å²) < 4.78 is 44.4. The molecule has 2 heterocycles. The van der Waals surface area contributed by atoms with Crippen LogP contribution in [0.15, 0.2) is 47.4 Å². The Bertz CT molecular complexity index is 955. The van der Waals surface area contributed by atoms with Gasteiger partial charge in [0.25, 0.3) is 0 Å². The minimum Gasteiger partial charge on any atom is -0.492 e. The molecular formula is C21H26N2O5S. The Labute approximate surface area is 171 Å². The Hall–Kier alpha value is -2.29. The zero-order chi connectivity index (χ0) is 20.3. The van der Waals surface area contributed by atoms with Gasteiger partial charge in [-0.25, -0.2) is 8.42 Å². The maximum atomic E-state index is 13.0. The number of para-hydroxylation sites is 1. The smallest absolute Gasteiger partial charge is 0.243 e. The molecule has 2 aliphatic rings. The van der Waals surface area contributed by atoms with Gasteiger partial charge in [0.05, 0.1) is 4.90 Å². The van der Waals surface area contributed by atoms with Crippen LogP contribution in [0.25, 0.3) is 0 Å². The van der Waals surface area contributed by atoms with Gasteiger partial charge in [-0.3, -0.25) is 4.90 Å². The Morgan fingerprint density at radius 1 is 0.966 bits per heavy atom. The first-order valence-electron chi connectivity index (χ1n) is 9.84. The van der Waals surface area contributed by atoms with E-state index >= 15 is 0 Å². The fourth-order valence-corrected chi connectivity index (χ4v) is 4.97. The molecule has 4 rings (SSSR count). The van der Waals surface area contributed by atoms with Crippen LogP contribution in [0, 0.1) is 6.92 Å². The summed E-state index contributed by atoms with van der Waals surface area (Å²) in [6, 6.07) is 12.8. The molecule has 0 amide bonds. The molecule has 2 aromatic carbocycles. The first-order valence-corrected chi connectivity index (χ1v) is 11.3. The number of fused-ring (bicyclic) bond motifs is 1. The minimum atomic E-state index is -3.55. The van der Waals surface area contributed by atoms with E-state index in [0.717, 1.165) is 17.9 Å². The zero-order valence-electron chi connectivity index (χ0n) is 16.5. The SMILES string of the molecule is Cc1ccccc1OCCN1CCN(S(=O)(=O)c2ccc3c(c2)OCCO3)CC1. The summed E-state index contributed by atoms with van der Waals surface area (Å²) in [7, 11) is -3.55. The van der Waals surface area contributed by atoms with Crippen molar-refractivity contribution in [2.75, 3.05) is 52.5 Å². The number of hydrogen-bond acceptors (Lipinski definition) is 6. The average Bonchev–Trinajstić information content (AvgIpc) is 2.75. The molecule has 0 radical (unpaired) electrons. The first-order chi connectivity index (χ1) is 14.0. The van der Waals surface area contributed by atoms with E-state index in [1.165, 1.54) is 4.31 Å². The predicted molar refractivity (Wildman–Crippen MR) is 109 cm³/mol. The quantitative estimate of drug-likeness (QED) is 0.716. The third-order valence-corrected chi connectivity index (χ3v) is 7.14. The zero-order valence-corrected chi connectivity index (χ0v) is 17.4. The van der Waals surface area contributed by atoms with Crippen molar-refractivity contribution in [3.63, 3.8) is 0 Å². The molecule has 0 N–H and O–H groups in total. The number of ether oxygens (including phenoxy) is 3. The van der Waals surface area contributed by atoms with Crippen molar-refractivity contribution in [3.8, 4) is 17.2 Å². The molecule has 0 unspecified atom stereocenters. The second-order valence-corrected chi connectivity index (χ2v) is 9.10. The lowest BCUT2D eigenvalue weighted by Crippen LogP contribution is -2.49.